The molecule has 1 aliphatic heterocycles. The van der Waals surface area contributed by atoms with E-state index in [1.807, 2.05) is 25.1 Å². The summed E-state index contributed by atoms with van der Waals surface area (Å²) in [5.74, 6) is 1.47. The quantitative estimate of drug-likeness (QED) is 0.516. The zero-order chi connectivity index (χ0) is 15.1. The fraction of sp³-hybridized carbons (Fsp3) is 0.600. The molecule has 0 bridgehead atoms. The highest BCUT2D eigenvalue weighted by atomic mass is 32.2. The first-order chi connectivity index (χ1) is 10.2. The van der Waals surface area contributed by atoms with Crippen molar-refractivity contribution in [3.8, 4) is 5.75 Å². The molecule has 4 N–H and O–H groups in total. The molecule has 1 atom stereocenters. The summed E-state index contributed by atoms with van der Waals surface area (Å²) in [6, 6.07) is 5.68. The number of ether oxygens (including phenoxy) is 1. The van der Waals surface area contributed by atoms with Crippen molar-refractivity contribution < 1.29 is 9.84 Å². The van der Waals surface area contributed by atoms with Crippen molar-refractivity contribution in [3.05, 3.63) is 18.2 Å². The van der Waals surface area contributed by atoms with E-state index in [9.17, 15) is 5.11 Å². The molecule has 6 heteroatoms. The Bertz CT molecular complexity index is 439. The number of thioether (sulfide) groups is 1. The second-order valence-electron chi connectivity index (χ2n) is 5.15. The molecule has 1 saturated heterocycles. The first kappa shape index (κ1) is 16.4. The number of nitrogen functional groups attached to an aromatic ring is 1. The Hall–Kier alpha value is -0.950. The third-order valence-electron chi connectivity index (χ3n) is 3.41. The van der Waals surface area contributed by atoms with Crippen LogP contribution in [0.2, 0.25) is 0 Å². The van der Waals surface area contributed by atoms with Crippen molar-refractivity contribution in [2.24, 2.45) is 0 Å². The van der Waals surface area contributed by atoms with E-state index in [2.05, 4.69) is 10.2 Å². The second kappa shape index (κ2) is 8.48. The highest BCUT2D eigenvalue weighted by Crippen LogP contribution is 2.29. The maximum absolute atomic E-state index is 10.2. The van der Waals surface area contributed by atoms with Gasteiger partial charge in [0.05, 0.1) is 12.7 Å². The van der Waals surface area contributed by atoms with E-state index in [0.29, 0.717) is 12.4 Å². The molecule has 1 aliphatic rings. The Morgan fingerprint density at radius 1 is 1.43 bits per heavy atom. The number of aliphatic hydroxyl groups is 1. The Morgan fingerprint density at radius 3 is 2.90 bits per heavy atom. The van der Waals surface area contributed by atoms with E-state index in [4.69, 9.17) is 10.5 Å². The monoisotopic (exact) mass is 311 g/mol. The van der Waals surface area contributed by atoms with Crippen LogP contribution < -0.4 is 15.8 Å². The summed E-state index contributed by atoms with van der Waals surface area (Å²) >= 11 is 1.59. The van der Waals surface area contributed by atoms with Crippen LogP contribution >= 0.6 is 11.8 Å². The molecule has 0 spiro atoms. The predicted molar refractivity (Wildman–Crippen MR) is 88.1 cm³/mol. The number of nitrogens with two attached hydrogens (primary N) is 1. The number of piperazine rings is 1. The number of nitrogens with zero attached hydrogens (tertiary/aromatic N) is 1. The van der Waals surface area contributed by atoms with Crippen LogP contribution in [-0.4, -0.2) is 61.2 Å². The molecule has 0 saturated carbocycles. The van der Waals surface area contributed by atoms with Crippen LogP contribution in [0.4, 0.5) is 5.69 Å². The lowest BCUT2D eigenvalue weighted by Crippen LogP contribution is -2.46. The maximum atomic E-state index is 10.2. The van der Waals surface area contributed by atoms with Gasteiger partial charge < -0.3 is 20.9 Å². The summed E-state index contributed by atoms with van der Waals surface area (Å²) < 4.78 is 5.48. The van der Waals surface area contributed by atoms with Gasteiger partial charge in [0.15, 0.2) is 0 Å². The highest BCUT2D eigenvalue weighted by Gasteiger charge is 2.15. The van der Waals surface area contributed by atoms with Crippen molar-refractivity contribution in [2.75, 3.05) is 50.8 Å². The van der Waals surface area contributed by atoms with Gasteiger partial charge in [0.2, 0.25) is 0 Å². The molecular formula is C15H25N3O2S. The number of rotatable bonds is 7. The van der Waals surface area contributed by atoms with Gasteiger partial charge in [-0.1, -0.05) is 0 Å². The highest BCUT2D eigenvalue weighted by molar-refractivity contribution is 7.99. The van der Waals surface area contributed by atoms with Crippen molar-refractivity contribution in [3.63, 3.8) is 0 Å². The van der Waals surface area contributed by atoms with Gasteiger partial charge in [-0.25, -0.2) is 0 Å². The first-order valence-corrected chi connectivity index (χ1v) is 8.44. The smallest absolute Gasteiger partial charge is 0.120 e. The molecule has 0 radical (unpaired) electrons. The summed E-state index contributed by atoms with van der Waals surface area (Å²) in [5, 5.41) is 13.5. The van der Waals surface area contributed by atoms with Crippen molar-refractivity contribution in [2.45, 2.75) is 17.9 Å². The summed E-state index contributed by atoms with van der Waals surface area (Å²) in [4.78, 5) is 3.27. The van der Waals surface area contributed by atoms with E-state index >= 15 is 0 Å². The largest absolute Gasteiger partial charge is 0.494 e. The Morgan fingerprint density at radius 2 is 2.19 bits per heavy atom. The fourth-order valence-electron chi connectivity index (χ4n) is 2.33. The molecule has 0 amide bonds. The number of β-amino-alcohol motifs (C(OH)–C–C–N with tert-alkyl or cyclic N) is 1. The number of hydrogen-bond acceptors (Lipinski definition) is 6. The van der Waals surface area contributed by atoms with E-state index in [1.54, 1.807) is 11.8 Å². The van der Waals surface area contributed by atoms with Gasteiger partial charge in [-0.2, -0.15) is 0 Å². The fourth-order valence-corrected chi connectivity index (χ4v) is 3.24. The molecule has 1 heterocycles. The molecule has 1 fully saturated rings. The molecule has 0 aromatic heterocycles. The molecule has 1 unspecified atom stereocenters. The molecule has 118 valence electrons. The van der Waals surface area contributed by atoms with Crippen LogP contribution in [0.3, 0.4) is 0 Å². The standard InChI is InChI=1S/C15H25N3O2S/c1-2-20-13-3-4-14(16)15(9-13)21-11-12(19)10-18-7-5-17-6-8-18/h3-4,9,12,17,19H,2,5-8,10-11,16H2,1H3. The number of benzene rings is 1. The molecule has 21 heavy (non-hydrogen) atoms. The average Bonchev–Trinajstić information content (AvgIpc) is 2.49. The lowest BCUT2D eigenvalue weighted by Gasteiger charge is -2.29. The zero-order valence-corrected chi connectivity index (χ0v) is 13.4. The van der Waals surface area contributed by atoms with Gasteiger partial charge in [0.25, 0.3) is 0 Å². The van der Waals surface area contributed by atoms with Crippen molar-refractivity contribution >= 4 is 17.4 Å². The molecule has 0 aliphatic carbocycles. The second-order valence-corrected chi connectivity index (χ2v) is 6.21. The van der Waals surface area contributed by atoms with E-state index in [1.165, 1.54) is 0 Å². The number of nitrogens with one attached hydrogen (secondary N) is 1. The minimum atomic E-state index is -0.344. The topological polar surface area (TPSA) is 70.8 Å². The Balaban J connectivity index is 1.82. The van der Waals surface area contributed by atoms with Gasteiger partial charge in [-0.3, -0.25) is 4.90 Å². The van der Waals surface area contributed by atoms with Crippen molar-refractivity contribution in [1.29, 1.82) is 0 Å². The third-order valence-corrected chi connectivity index (χ3v) is 4.62. The SMILES string of the molecule is CCOc1ccc(N)c(SCC(O)CN2CCNCC2)c1. The third kappa shape index (κ3) is 5.39. The summed E-state index contributed by atoms with van der Waals surface area (Å²) in [6.07, 6.45) is -0.344. The minimum Gasteiger partial charge on any atom is -0.494 e. The normalized spacial score (nSPS) is 17.6. The van der Waals surface area contributed by atoms with Crippen LogP contribution in [0.5, 0.6) is 5.75 Å². The van der Waals surface area contributed by atoms with Gasteiger partial charge in [0, 0.05) is 49.1 Å². The molecule has 5 nitrogen and oxygen atoms in total. The van der Waals surface area contributed by atoms with Gasteiger partial charge in [-0.15, -0.1) is 11.8 Å². The summed E-state index contributed by atoms with van der Waals surface area (Å²) in [7, 11) is 0. The molecule has 2 rings (SSSR count). The van der Waals surface area contributed by atoms with Gasteiger partial charge >= 0.3 is 0 Å². The van der Waals surface area contributed by atoms with Crippen LogP contribution in [0.15, 0.2) is 23.1 Å². The van der Waals surface area contributed by atoms with E-state index < -0.39 is 0 Å². The van der Waals surface area contributed by atoms with E-state index in [-0.39, 0.29) is 6.10 Å². The lowest BCUT2D eigenvalue weighted by molar-refractivity contribution is 0.121. The summed E-state index contributed by atoms with van der Waals surface area (Å²) in [5.41, 5.74) is 6.71. The maximum Gasteiger partial charge on any atom is 0.120 e. The predicted octanol–water partition coefficient (Wildman–Crippen LogP) is 1.03. The minimum absolute atomic E-state index is 0.344. The van der Waals surface area contributed by atoms with E-state index in [0.717, 1.165) is 49.1 Å². The number of aliphatic hydroxyl groups excluding tert-OH is 1. The van der Waals surface area contributed by atoms with Crippen molar-refractivity contribution in [1.82, 2.24) is 10.2 Å². The number of hydrogen-bond donors (Lipinski definition) is 3. The number of anilines is 1. The molecule has 1 aromatic rings. The lowest BCUT2D eigenvalue weighted by atomic mass is 10.3. The molecule has 1 aromatic carbocycles. The van der Waals surface area contributed by atoms with Gasteiger partial charge in [0.1, 0.15) is 5.75 Å². The van der Waals surface area contributed by atoms with Crippen LogP contribution in [0, 0.1) is 0 Å². The summed E-state index contributed by atoms with van der Waals surface area (Å²) in [6.45, 7) is 7.33. The zero-order valence-electron chi connectivity index (χ0n) is 12.5. The average molecular weight is 311 g/mol. The molecular weight excluding hydrogens is 286 g/mol. The Labute approximate surface area is 130 Å². The van der Waals surface area contributed by atoms with Crippen LogP contribution in [0.25, 0.3) is 0 Å². The van der Waals surface area contributed by atoms with Gasteiger partial charge in [-0.05, 0) is 25.1 Å². The Kier molecular flexibility index (Phi) is 6.63. The van der Waals surface area contributed by atoms with Crippen LogP contribution in [0.1, 0.15) is 6.92 Å². The first-order valence-electron chi connectivity index (χ1n) is 7.45. The van der Waals surface area contributed by atoms with Crippen LogP contribution in [-0.2, 0) is 0 Å².